The van der Waals surface area contributed by atoms with E-state index in [0.717, 1.165) is 26.1 Å². The third-order valence-electron chi connectivity index (χ3n) is 1.77. The molecule has 12 heavy (non-hydrogen) atoms. The van der Waals surface area contributed by atoms with Crippen molar-refractivity contribution in [3.8, 4) is 0 Å². The van der Waals surface area contributed by atoms with E-state index in [1.165, 1.54) is 0 Å². The van der Waals surface area contributed by atoms with Gasteiger partial charge in [-0.2, -0.15) is 0 Å². The predicted molar refractivity (Wildman–Crippen MR) is 51.2 cm³/mol. The van der Waals surface area contributed by atoms with Gasteiger partial charge in [0.2, 0.25) is 11.3 Å². The van der Waals surface area contributed by atoms with Crippen molar-refractivity contribution in [3.05, 3.63) is 0 Å². The highest BCUT2D eigenvalue weighted by Crippen LogP contribution is 1.88. The maximum Gasteiger partial charge on any atom is 0.231 e. The van der Waals surface area contributed by atoms with Crippen molar-refractivity contribution in [2.45, 2.75) is 20.3 Å². The highest BCUT2D eigenvalue weighted by molar-refractivity contribution is 7.77. The first-order valence-electron chi connectivity index (χ1n) is 4.27. The zero-order chi connectivity index (χ0) is 9.40. The molecule has 5 heteroatoms. The Kier molecular flexibility index (Phi) is 7.69. The monoisotopic (exact) mass is 194 g/mol. The molecule has 0 saturated carbocycles. The summed E-state index contributed by atoms with van der Waals surface area (Å²) in [5, 5.41) is 0. The molecule has 0 aliphatic heterocycles. The lowest BCUT2D eigenvalue weighted by Crippen LogP contribution is -2.27. The quantitative estimate of drug-likeness (QED) is 0.457. The molecule has 1 atom stereocenters. The van der Waals surface area contributed by atoms with E-state index in [1.54, 1.807) is 0 Å². The van der Waals surface area contributed by atoms with E-state index in [2.05, 4.69) is 23.5 Å². The van der Waals surface area contributed by atoms with Crippen LogP contribution in [0.4, 0.5) is 0 Å². The minimum Gasteiger partial charge on any atom is -0.304 e. The SMILES string of the molecule is CCN(CC)CCCNS(=O)O. The number of nitrogens with zero attached hydrogens (tertiary/aromatic N) is 1. The molecule has 0 fully saturated rings. The predicted octanol–water partition coefficient (Wildman–Crippen LogP) is 0.445. The van der Waals surface area contributed by atoms with E-state index in [9.17, 15) is 4.21 Å². The van der Waals surface area contributed by atoms with E-state index >= 15 is 0 Å². The average molecular weight is 194 g/mol. The van der Waals surface area contributed by atoms with Crippen molar-refractivity contribution in [2.75, 3.05) is 26.2 Å². The maximum absolute atomic E-state index is 10.2. The van der Waals surface area contributed by atoms with Gasteiger partial charge < -0.3 is 4.90 Å². The molecule has 74 valence electrons. The van der Waals surface area contributed by atoms with Crippen molar-refractivity contribution in [1.82, 2.24) is 9.62 Å². The van der Waals surface area contributed by atoms with Gasteiger partial charge in [-0.05, 0) is 26.1 Å². The maximum atomic E-state index is 10.2. The summed E-state index contributed by atoms with van der Waals surface area (Å²) in [6, 6.07) is 0. The van der Waals surface area contributed by atoms with Crippen molar-refractivity contribution >= 4 is 11.3 Å². The minimum absolute atomic E-state index is 0.597. The van der Waals surface area contributed by atoms with Gasteiger partial charge in [0.25, 0.3) is 0 Å². The minimum atomic E-state index is -1.85. The van der Waals surface area contributed by atoms with Crippen molar-refractivity contribution in [1.29, 1.82) is 0 Å². The molecule has 0 aromatic carbocycles. The Labute approximate surface area is 76.8 Å². The fourth-order valence-corrected chi connectivity index (χ4v) is 1.32. The molecule has 0 aliphatic rings. The lowest BCUT2D eigenvalue weighted by molar-refractivity contribution is 0.300. The second kappa shape index (κ2) is 7.67. The summed E-state index contributed by atoms with van der Waals surface area (Å²) < 4.78 is 21.0. The molecule has 0 aliphatic carbocycles. The third-order valence-corrected chi connectivity index (χ3v) is 2.22. The largest absolute Gasteiger partial charge is 0.304 e. The van der Waals surface area contributed by atoms with Gasteiger partial charge >= 0.3 is 0 Å². The molecule has 0 radical (unpaired) electrons. The van der Waals surface area contributed by atoms with Crippen molar-refractivity contribution in [3.63, 3.8) is 0 Å². The van der Waals surface area contributed by atoms with E-state index in [4.69, 9.17) is 4.55 Å². The van der Waals surface area contributed by atoms with Gasteiger partial charge in [0.05, 0.1) is 0 Å². The lowest BCUT2D eigenvalue weighted by atomic mass is 10.4. The molecule has 0 bridgehead atoms. The third kappa shape index (κ3) is 6.72. The van der Waals surface area contributed by atoms with Gasteiger partial charge in [0, 0.05) is 6.54 Å². The van der Waals surface area contributed by atoms with Crippen molar-refractivity contribution < 1.29 is 8.76 Å². The van der Waals surface area contributed by atoms with Gasteiger partial charge in [-0.25, -0.2) is 8.93 Å². The Morgan fingerprint density at radius 1 is 1.42 bits per heavy atom. The topological polar surface area (TPSA) is 52.6 Å². The smallest absolute Gasteiger partial charge is 0.231 e. The standard InChI is InChI=1S/C7H18N2O2S/c1-3-9(4-2)7-5-6-8-12(10)11/h8H,3-7H2,1-2H3,(H,10,11). The van der Waals surface area contributed by atoms with Crippen LogP contribution in [0.1, 0.15) is 20.3 Å². The second-order valence-corrected chi connectivity index (χ2v) is 3.31. The van der Waals surface area contributed by atoms with E-state index in [-0.39, 0.29) is 0 Å². The number of hydrogen-bond acceptors (Lipinski definition) is 2. The number of hydrogen-bond donors (Lipinski definition) is 2. The molecule has 0 spiro atoms. The number of rotatable bonds is 7. The average Bonchev–Trinajstić information content (AvgIpc) is 2.04. The molecule has 0 aromatic heterocycles. The van der Waals surface area contributed by atoms with Crippen LogP contribution in [-0.4, -0.2) is 39.8 Å². The van der Waals surface area contributed by atoms with Crippen LogP contribution in [-0.2, 0) is 11.3 Å². The molecule has 0 aromatic rings. The zero-order valence-corrected chi connectivity index (χ0v) is 8.56. The van der Waals surface area contributed by atoms with Crippen LogP contribution < -0.4 is 4.72 Å². The fraction of sp³-hybridized carbons (Fsp3) is 1.00. The van der Waals surface area contributed by atoms with Crippen LogP contribution in [0.25, 0.3) is 0 Å². The zero-order valence-electron chi connectivity index (χ0n) is 7.75. The summed E-state index contributed by atoms with van der Waals surface area (Å²) in [6.07, 6.45) is 0.911. The van der Waals surface area contributed by atoms with Gasteiger partial charge in [-0.3, -0.25) is 4.55 Å². The molecule has 0 rings (SSSR count). The highest BCUT2D eigenvalue weighted by atomic mass is 32.2. The second-order valence-electron chi connectivity index (χ2n) is 2.52. The molecule has 0 saturated heterocycles. The van der Waals surface area contributed by atoms with Crippen molar-refractivity contribution in [2.24, 2.45) is 0 Å². The lowest BCUT2D eigenvalue weighted by Gasteiger charge is -2.17. The molecule has 0 amide bonds. The summed E-state index contributed by atoms with van der Waals surface area (Å²) in [4.78, 5) is 2.28. The summed E-state index contributed by atoms with van der Waals surface area (Å²) in [7, 11) is 0. The van der Waals surface area contributed by atoms with Gasteiger partial charge in [0.1, 0.15) is 0 Å². The summed E-state index contributed by atoms with van der Waals surface area (Å²) in [6.45, 7) is 7.89. The van der Waals surface area contributed by atoms with E-state index < -0.39 is 11.3 Å². The van der Waals surface area contributed by atoms with Gasteiger partial charge in [-0.15, -0.1) is 0 Å². The Hall–Kier alpha value is 0.0300. The van der Waals surface area contributed by atoms with Gasteiger partial charge in [0.15, 0.2) is 0 Å². The van der Waals surface area contributed by atoms with E-state index in [0.29, 0.717) is 6.54 Å². The van der Waals surface area contributed by atoms with Crippen LogP contribution in [0.3, 0.4) is 0 Å². The fourth-order valence-electron chi connectivity index (χ4n) is 1.00. The Balaban J connectivity index is 3.23. The van der Waals surface area contributed by atoms with Crippen LogP contribution in [0.15, 0.2) is 0 Å². The van der Waals surface area contributed by atoms with Crippen LogP contribution in [0.5, 0.6) is 0 Å². The van der Waals surface area contributed by atoms with Crippen LogP contribution in [0, 0.1) is 0 Å². The highest BCUT2D eigenvalue weighted by Gasteiger charge is 1.98. The van der Waals surface area contributed by atoms with Crippen LogP contribution in [0.2, 0.25) is 0 Å². The van der Waals surface area contributed by atoms with Crippen LogP contribution >= 0.6 is 0 Å². The summed E-state index contributed by atoms with van der Waals surface area (Å²) in [5.41, 5.74) is 0. The molecule has 1 unspecified atom stereocenters. The first kappa shape index (κ1) is 12.0. The Morgan fingerprint density at radius 2 is 2.00 bits per heavy atom. The molecular weight excluding hydrogens is 176 g/mol. The van der Waals surface area contributed by atoms with E-state index in [1.807, 2.05) is 0 Å². The van der Waals surface area contributed by atoms with Gasteiger partial charge in [-0.1, -0.05) is 13.8 Å². The first-order valence-corrected chi connectivity index (χ1v) is 5.38. The molecule has 2 N–H and O–H groups in total. The first-order chi connectivity index (χ1) is 5.70. The summed E-state index contributed by atoms with van der Waals surface area (Å²) >= 11 is -1.85. The number of nitrogens with one attached hydrogen (secondary N) is 1. The summed E-state index contributed by atoms with van der Waals surface area (Å²) in [5.74, 6) is 0. The normalized spacial score (nSPS) is 13.7. The molecular formula is C7H18N2O2S. The Bertz CT molecular complexity index is 129. The Morgan fingerprint density at radius 3 is 2.42 bits per heavy atom. The molecule has 4 nitrogen and oxygen atoms in total. The molecule has 0 heterocycles.